The van der Waals surface area contributed by atoms with E-state index in [9.17, 15) is 4.39 Å². The third kappa shape index (κ3) is 3.59. The van der Waals surface area contributed by atoms with E-state index in [1.165, 1.54) is 12.1 Å². The summed E-state index contributed by atoms with van der Waals surface area (Å²) in [6, 6.07) is 12.1. The van der Waals surface area contributed by atoms with E-state index < -0.39 is 0 Å². The molecule has 0 unspecified atom stereocenters. The van der Waals surface area contributed by atoms with E-state index in [0.29, 0.717) is 11.4 Å². The molecule has 4 nitrogen and oxygen atoms in total. The summed E-state index contributed by atoms with van der Waals surface area (Å²) in [5.74, 6) is 1.28. The second-order valence-corrected chi connectivity index (χ2v) is 5.70. The molecule has 1 aliphatic heterocycles. The smallest absolute Gasteiger partial charge is 0.145 e. The van der Waals surface area contributed by atoms with Crippen molar-refractivity contribution in [2.75, 3.05) is 18.0 Å². The van der Waals surface area contributed by atoms with Crippen LogP contribution >= 0.6 is 0 Å². The van der Waals surface area contributed by atoms with Gasteiger partial charge in [0.25, 0.3) is 0 Å². The number of rotatable bonds is 3. The Morgan fingerprint density at radius 3 is 2.52 bits per heavy atom. The molecule has 1 saturated heterocycles. The lowest BCUT2D eigenvalue weighted by Crippen LogP contribution is -2.38. The molecule has 1 fully saturated rings. The lowest BCUT2D eigenvalue weighted by molar-refractivity contribution is 0.170. The van der Waals surface area contributed by atoms with E-state index in [0.717, 1.165) is 37.3 Å². The number of halogens is 1. The van der Waals surface area contributed by atoms with E-state index in [2.05, 4.69) is 16.0 Å². The van der Waals surface area contributed by atoms with Crippen LogP contribution in [0.2, 0.25) is 0 Å². The molecule has 1 aromatic heterocycles. The summed E-state index contributed by atoms with van der Waals surface area (Å²) in [6.45, 7) is 3.54. The number of nitriles is 1. The lowest BCUT2D eigenvalue weighted by Gasteiger charge is -2.33. The third-order valence-electron chi connectivity index (χ3n) is 4.07. The minimum Gasteiger partial charge on any atom is -0.490 e. The van der Waals surface area contributed by atoms with Crippen LogP contribution in [0.15, 0.2) is 36.4 Å². The van der Waals surface area contributed by atoms with Crippen LogP contribution in [0.4, 0.5) is 10.2 Å². The number of hydrogen-bond acceptors (Lipinski definition) is 4. The van der Waals surface area contributed by atoms with Gasteiger partial charge in [0.2, 0.25) is 0 Å². The highest BCUT2D eigenvalue weighted by Gasteiger charge is 2.22. The summed E-state index contributed by atoms with van der Waals surface area (Å²) in [5.41, 5.74) is 1.37. The number of aromatic nitrogens is 1. The number of pyridine rings is 1. The molecule has 3 rings (SSSR count). The fourth-order valence-corrected chi connectivity index (χ4v) is 2.72. The van der Waals surface area contributed by atoms with Crippen LogP contribution in [0.1, 0.15) is 24.1 Å². The molecule has 1 aliphatic rings. The molecule has 0 radical (unpaired) electrons. The Morgan fingerprint density at radius 2 is 1.87 bits per heavy atom. The molecule has 2 aromatic rings. The van der Waals surface area contributed by atoms with Crippen molar-refractivity contribution < 1.29 is 9.13 Å². The molecular formula is C18H18FN3O. The van der Waals surface area contributed by atoms with Gasteiger partial charge in [-0.1, -0.05) is 6.07 Å². The Hall–Kier alpha value is -2.61. The Bertz CT molecular complexity index is 716. The van der Waals surface area contributed by atoms with Crippen molar-refractivity contribution in [1.29, 1.82) is 5.26 Å². The molecule has 0 N–H and O–H groups in total. The predicted octanol–water partition coefficient (Wildman–Crippen LogP) is 3.45. The third-order valence-corrected chi connectivity index (χ3v) is 4.07. The van der Waals surface area contributed by atoms with E-state index in [1.54, 1.807) is 12.1 Å². The minimum atomic E-state index is -0.258. The molecule has 23 heavy (non-hydrogen) atoms. The Kier molecular flexibility index (Phi) is 4.42. The SMILES string of the molecule is Cc1ccc(N2CCC(Oc3ccc(F)cc3)CC2)nc1C#N. The average Bonchev–Trinajstić information content (AvgIpc) is 2.58. The van der Waals surface area contributed by atoms with Gasteiger partial charge in [-0.2, -0.15) is 5.26 Å². The number of hydrogen-bond donors (Lipinski definition) is 0. The van der Waals surface area contributed by atoms with Crippen LogP contribution < -0.4 is 9.64 Å². The number of benzene rings is 1. The van der Waals surface area contributed by atoms with Gasteiger partial charge in [0.1, 0.15) is 35.3 Å². The molecule has 0 bridgehead atoms. The van der Waals surface area contributed by atoms with Crippen LogP contribution in [0, 0.1) is 24.1 Å². The van der Waals surface area contributed by atoms with Gasteiger partial charge in [0.15, 0.2) is 0 Å². The number of aryl methyl sites for hydroxylation is 1. The van der Waals surface area contributed by atoms with Crippen molar-refractivity contribution in [1.82, 2.24) is 4.98 Å². The second-order valence-electron chi connectivity index (χ2n) is 5.70. The first-order chi connectivity index (χ1) is 11.2. The number of anilines is 1. The predicted molar refractivity (Wildman–Crippen MR) is 86.0 cm³/mol. The normalized spacial score (nSPS) is 15.3. The van der Waals surface area contributed by atoms with Gasteiger partial charge < -0.3 is 9.64 Å². The quantitative estimate of drug-likeness (QED) is 0.871. The van der Waals surface area contributed by atoms with Crippen molar-refractivity contribution in [3.8, 4) is 11.8 Å². The number of ether oxygens (including phenoxy) is 1. The first kappa shape index (κ1) is 15.3. The molecule has 5 heteroatoms. The Morgan fingerprint density at radius 1 is 1.17 bits per heavy atom. The van der Waals surface area contributed by atoms with Crippen molar-refractivity contribution in [3.05, 3.63) is 53.5 Å². The summed E-state index contributed by atoms with van der Waals surface area (Å²) in [4.78, 5) is 6.59. The highest BCUT2D eigenvalue weighted by Crippen LogP contribution is 2.23. The fourth-order valence-electron chi connectivity index (χ4n) is 2.72. The van der Waals surface area contributed by atoms with Gasteiger partial charge in [-0.3, -0.25) is 0 Å². The van der Waals surface area contributed by atoms with Gasteiger partial charge in [0, 0.05) is 25.9 Å². The Balaban J connectivity index is 1.60. The van der Waals surface area contributed by atoms with Crippen molar-refractivity contribution in [3.63, 3.8) is 0 Å². The van der Waals surface area contributed by atoms with E-state index >= 15 is 0 Å². The summed E-state index contributed by atoms with van der Waals surface area (Å²) in [7, 11) is 0. The molecule has 0 atom stereocenters. The molecule has 1 aromatic carbocycles. The van der Waals surface area contributed by atoms with Crippen LogP contribution in [0.25, 0.3) is 0 Å². The molecule has 118 valence electrons. The maximum absolute atomic E-state index is 12.9. The van der Waals surface area contributed by atoms with E-state index in [1.807, 2.05) is 19.1 Å². The molecule has 0 spiro atoms. The highest BCUT2D eigenvalue weighted by atomic mass is 19.1. The first-order valence-corrected chi connectivity index (χ1v) is 7.70. The largest absolute Gasteiger partial charge is 0.490 e. The van der Waals surface area contributed by atoms with Crippen LogP contribution in [-0.4, -0.2) is 24.2 Å². The van der Waals surface area contributed by atoms with E-state index in [4.69, 9.17) is 10.00 Å². The summed E-state index contributed by atoms with van der Waals surface area (Å²) < 4.78 is 18.8. The molecular weight excluding hydrogens is 293 g/mol. The zero-order valence-corrected chi connectivity index (χ0v) is 13.0. The van der Waals surface area contributed by atoms with Gasteiger partial charge in [0.05, 0.1) is 0 Å². The lowest BCUT2D eigenvalue weighted by atomic mass is 10.1. The Labute approximate surface area is 135 Å². The monoisotopic (exact) mass is 311 g/mol. The van der Waals surface area contributed by atoms with Crippen LogP contribution in [0.5, 0.6) is 5.75 Å². The average molecular weight is 311 g/mol. The van der Waals surface area contributed by atoms with Gasteiger partial charge in [-0.05, 0) is 42.8 Å². The maximum Gasteiger partial charge on any atom is 0.145 e. The summed E-state index contributed by atoms with van der Waals surface area (Å²) in [6.07, 6.45) is 1.86. The van der Waals surface area contributed by atoms with Gasteiger partial charge in [-0.15, -0.1) is 0 Å². The molecule has 0 saturated carbocycles. The highest BCUT2D eigenvalue weighted by molar-refractivity contribution is 5.45. The van der Waals surface area contributed by atoms with Gasteiger partial charge >= 0.3 is 0 Å². The van der Waals surface area contributed by atoms with Crippen LogP contribution in [0.3, 0.4) is 0 Å². The number of nitrogens with zero attached hydrogens (tertiary/aromatic N) is 3. The van der Waals surface area contributed by atoms with Crippen LogP contribution in [-0.2, 0) is 0 Å². The first-order valence-electron chi connectivity index (χ1n) is 7.70. The topological polar surface area (TPSA) is 49.1 Å². The number of piperidine rings is 1. The molecule has 2 heterocycles. The zero-order valence-electron chi connectivity index (χ0n) is 13.0. The van der Waals surface area contributed by atoms with Crippen molar-refractivity contribution in [2.45, 2.75) is 25.9 Å². The fraction of sp³-hybridized carbons (Fsp3) is 0.333. The summed E-state index contributed by atoms with van der Waals surface area (Å²) >= 11 is 0. The standard InChI is InChI=1S/C18H18FN3O/c1-13-2-7-18(21-17(13)12-20)22-10-8-16(9-11-22)23-15-5-3-14(19)4-6-15/h2-7,16H,8-11H2,1H3. The van der Waals surface area contributed by atoms with E-state index in [-0.39, 0.29) is 11.9 Å². The minimum absolute atomic E-state index is 0.123. The van der Waals surface area contributed by atoms with Crippen molar-refractivity contribution in [2.24, 2.45) is 0 Å². The van der Waals surface area contributed by atoms with Gasteiger partial charge in [-0.25, -0.2) is 9.37 Å². The maximum atomic E-state index is 12.9. The van der Waals surface area contributed by atoms with Crippen molar-refractivity contribution >= 4 is 5.82 Å². The molecule has 0 aliphatic carbocycles. The molecule has 0 amide bonds. The summed E-state index contributed by atoms with van der Waals surface area (Å²) in [5, 5.41) is 9.09. The second kappa shape index (κ2) is 6.66. The zero-order chi connectivity index (χ0) is 16.2.